The van der Waals surface area contributed by atoms with Crippen LogP contribution in [0.4, 0.5) is 4.79 Å². The molecule has 0 aromatic rings. The van der Waals surface area contributed by atoms with Crippen LogP contribution < -0.4 is 11.1 Å². The maximum Gasteiger partial charge on any atom is 0.415 e. The zero-order valence-electron chi connectivity index (χ0n) is 11.8. The van der Waals surface area contributed by atoms with Crippen molar-refractivity contribution in [1.82, 2.24) is 10.2 Å². The number of nitrogens with zero attached hydrogens (tertiary/aromatic N) is 1. The van der Waals surface area contributed by atoms with Gasteiger partial charge in [-0.1, -0.05) is 6.08 Å². The first kappa shape index (κ1) is 15.5. The summed E-state index contributed by atoms with van der Waals surface area (Å²) in [7, 11) is 0. The minimum absolute atomic E-state index is 0.0674. The zero-order valence-corrected chi connectivity index (χ0v) is 11.8. The Labute approximate surface area is 123 Å². The standard InChI is InChI=1S/C14H21N3O4/c15-12(13(18)19)9-10-1-3-11(4-2-10)21-14(20)17-7-5-16-6-8-17/h1,3-4,10,12,16H,2,5-9,15H2,(H,18,19)/t10?,12-/m0/s1. The second-order valence-corrected chi connectivity index (χ2v) is 5.25. The number of carboxylic acids is 1. The minimum Gasteiger partial charge on any atom is -0.480 e. The van der Waals surface area contributed by atoms with Crippen LogP contribution in [0.1, 0.15) is 12.8 Å². The molecule has 2 rings (SSSR count). The van der Waals surface area contributed by atoms with E-state index in [0.717, 1.165) is 13.1 Å². The zero-order chi connectivity index (χ0) is 15.2. The number of carbonyl (C=O) groups is 2. The van der Waals surface area contributed by atoms with E-state index in [0.29, 0.717) is 31.7 Å². The van der Waals surface area contributed by atoms with Gasteiger partial charge in [0.05, 0.1) is 0 Å². The number of hydrogen-bond acceptors (Lipinski definition) is 5. The molecule has 0 spiro atoms. The van der Waals surface area contributed by atoms with Crippen molar-refractivity contribution < 1.29 is 19.4 Å². The summed E-state index contributed by atoms with van der Waals surface area (Å²) in [6, 6.07) is -0.863. The van der Waals surface area contributed by atoms with Gasteiger partial charge in [0, 0.05) is 26.2 Å². The lowest BCUT2D eigenvalue weighted by Crippen LogP contribution is -2.46. The van der Waals surface area contributed by atoms with Gasteiger partial charge in [-0.3, -0.25) is 4.79 Å². The van der Waals surface area contributed by atoms with Gasteiger partial charge in [-0.2, -0.15) is 0 Å². The van der Waals surface area contributed by atoms with E-state index in [1.54, 1.807) is 17.1 Å². The Kier molecular flexibility index (Phi) is 5.35. The molecule has 1 aliphatic heterocycles. The van der Waals surface area contributed by atoms with Crippen LogP contribution in [0.25, 0.3) is 0 Å². The average molecular weight is 295 g/mol. The van der Waals surface area contributed by atoms with E-state index >= 15 is 0 Å². The molecule has 4 N–H and O–H groups in total. The molecule has 1 amide bonds. The summed E-state index contributed by atoms with van der Waals surface area (Å²) in [6.45, 7) is 2.84. The molecule has 0 radical (unpaired) electrons. The average Bonchev–Trinajstić information content (AvgIpc) is 2.50. The lowest BCUT2D eigenvalue weighted by Gasteiger charge is -2.27. The van der Waals surface area contributed by atoms with Crippen LogP contribution >= 0.6 is 0 Å². The van der Waals surface area contributed by atoms with Crippen molar-refractivity contribution in [3.63, 3.8) is 0 Å². The summed E-state index contributed by atoms with van der Waals surface area (Å²) in [5, 5.41) is 12.0. The van der Waals surface area contributed by atoms with Crippen molar-refractivity contribution in [2.75, 3.05) is 26.2 Å². The normalized spacial score (nSPS) is 23.4. The second kappa shape index (κ2) is 7.24. The first-order valence-corrected chi connectivity index (χ1v) is 7.10. The van der Waals surface area contributed by atoms with E-state index in [1.165, 1.54) is 0 Å². The summed E-state index contributed by atoms with van der Waals surface area (Å²) in [5.74, 6) is -0.417. The number of hydrogen-bond donors (Lipinski definition) is 3. The highest BCUT2D eigenvalue weighted by atomic mass is 16.6. The quantitative estimate of drug-likeness (QED) is 0.688. The fourth-order valence-corrected chi connectivity index (χ4v) is 2.34. The first-order chi connectivity index (χ1) is 10.1. The van der Waals surface area contributed by atoms with E-state index in [-0.39, 0.29) is 12.0 Å². The number of carboxylic acid groups (broad SMARTS) is 1. The van der Waals surface area contributed by atoms with E-state index in [2.05, 4.69) is 5.32 Å². The van der Waals surface area contributed by atoms with Gasteiger partial charge in [0.15, 0.2) is 0 Å². The van der Waals surface area contributed by atoms with Gasteiger partial charge in [-0.25, -0.2) is 4.79 Å². The Bertz CT molecular complexity index is 455. The second-order valence-electron chi connectivity index (χ2n) is 5.25. The molecule has 7 heteroatoms. The first-order valence-electron chi connectivity index (χ1n) is 7.10. The molecule has 116 valence electrons. The molecule has 0 aromatic heterocycles. The summed E-state index contributed by atoms with van der Waals surface area (Å²) >= 11 is 0. The predicted octanol–water partition coefficient (Wildman–Crippen LogP) is 0.290. The summed E-state index contributed by atoms with van der Waals surface area (Å²) in [5.41, 5.74) is 5.51. The Morgan fingerprint density at radius 3 is 2.76 bits per heavy atom. The summed E-state index contributed by atoms with van der Waals surface area (Å²) < 4.78 is 5.32. The van der Waals surface area contributed by atoms with Gasteiger partial charge in [0.2, 0.25) is 0 Å². The molecule has 0 saturated carbocycles. The largest absolute Gasteiger partial charge is 0.480 e. The smallest absolute Gasteiger partial charge is 0.415 e. The van der Waals surface area contributed by atoms with E-state index in [1.807, 2.05) is 6.08 Å². The number of allylic oxidation sites excluding steroid dienone is 3. The molecule has 2 aliphatic rings. The van der Waals surface area contributed by atoms with Crippen LogP contribution in [-0.4, -0.2) is 54.3 Å². The molecule has 1 saturated heterocycles. The van der Waals surface area contributed by atoms with Gasteiger partial charge < -0.3 is 25.8 Å². The number of piperazine rings is 1. The van der Waals surface area contributed by atoms with Crippen molar-refractivity contribution in [2.24, 2.45) is 11.7 Å². The Morgan fingerprint density at radius 1 is 1.48 bits per heavy atom. The fourth-order valence-electron chi connectivity index (χ4n) is 2.34. The molecule has 1 aliphatic carbocycles. The van der Waals surface area contributed by atoms with Crippen molar-refractivity contribution in [3.05, 3.63) is 24.0 Å². The maximum atomic E-state index is 11.9. The summed E-state index contributed by atoms with van der Waals surface area (Å²) in [6.07, 6.45) is 6.03. The van der Waals surface area contributed by atoms with Crippen molar-refractivity contribution in [2.45, 2.75) is 18.9 Å². The highest BCUT2D eigenvalue weighted by molar-refractivity contribution is 5.73. The molecular weight excluding hydrogens is 274 g/mol. The van der Waals surface area contributed by atoms with Gasteiger partial charge in [0.25, 0.3) is 0 Å². The highest BCUT2D eigenvalue weighted by Gasteiger charge is 2.21. The fraction of sp³-hybridized carbons (Fsp3) is 0.571. The number of amides is 1. The molecule has 7 nitrogen and oxygen atoms in total. The molecule has 21 heavy (non-hydrogen) atoms. The van der Waals surface area contributed by atoms with Crippen LogP contribution in [0, 0.1) is 5.92 Å². The lowest BCUT2D eigenvalue weighted by atomic mass is 9.93. The Balaban J connectivity index is 1.79. The molecule has 2 atom stereocenters. The van der Waals surface area contributed by atoms with Gasteiger partial charge in [-0.15, -0.1) is 0 Å². The van der Waals surface area contributed by atoms with Crippen LogP contribution in [0.2, 0.25) is 0 Å². The molecule has 0 aromatic carbocycles. The minimum atomic E-state index is -0.997. The Hall–Kier alpha value is -1.86. The van der Waals surface area contributed by atoms with Crippen LogP contribution in [0.15, 0.2) is 24.0 Å². The molecular formula is C14H21N3O4. The predicted molar refractivity (Wildman–Crippen MR) is 76.5 cm³/mol. The topological polar surface area (TPSA) is 105 Å². The van der Waals surface area contributed by atoms with E-state index < -0.39 is 12.0 Å². The van der Waals surface area contributed by atoms with E-state index in [9.17, 15) is 9.59 Å². The molecule has 1 unspecified atom stereocenters. The molecule has 1 heterocycles. The Morgan fingerprint density at radius 2 is 2.19 bits per heavy atom. The van der Waals surface area contributed by atoms with Crippen LogP contribution in [0.3, 0.4) is 0 Å². The summed E-state index contributed by atoms with van der Waals surface area (Å²) in [4.78, 5) is 24.3. The number of aliphatic carboxylic acids is 1. The number of ether oxygens (including phenoxy) is 1. The van der Waals surface area contributed by atoms with Gasteiger partial charge in [0.1, 0.15) is 11.8 Å². The SMILES string of the molecule is N[C@@H](CC1C=CC(OC(=O)N2CCNCC2)=CC1)C(=O)O. The lowest BCUT2D eigenvalue weighted by molar-refractivity contribution is -0.138. The van der Waals surface area contributed by atoms with Crippen LogP contribution in [-0.2, 0) is 9.53 Å². The highest BCUT2D eigenvalue weighted by Crippen LogP contribution is 2.21. The molecule has 0 bridgehead atoms. The van der Waals surface area contributed by atoms with Gasteiger partial charge >= 0.3 is 12.1 Å². The van der Waals surface area contributed by atoms with Crippen molar-refractivity contribution in [3.8, 4) is 0 Å². The third kappa shape index (κ3) is 4.57. The van der Waals surface area contributed by atoms with E-state index in [4.69, 9.17) is 15.6 Å². The van der Waals surface area contributed by atoms with Crippen molar-refractivity contribution >= 4 is 12.1 Å². The van der Waals surface area contributed by atoms with Gasteiger partial charge in [-0.05, 0) is 30.9 Å². The monoisotopic (exact) mass is 295 g/mol. The number of nitrogens with two attached hydrogens (primary N) is 1. The third-order valence-corrected chi connectivity index (χ3v) is 3.61. The van der Waals surface area contributed by atoms with Crippen LogP contribution in [0.5, 0.6) is 0 Å². The molecule has 1 fully saturated rings. The number of nitrogens with one attached hydrogen (secondary N) is 1. The van der Waals surface area contributed by atoms with Crippen molar-refractivity contribution in [1.29, 1.82) is 0 Å². The number of rotatable bonds is 4. The number of carbonyl (C=O) groups excluding carboxylic acids is 1. The maximum absolute atomic E-state index is 11.9. The third-order valence-electron chi connectivity index (χ3n) is 3.61.